The van der Waals surface area contributed by atoms with Crippen LogP contribution in [0.5, 0.6) is 0 Å². The van der Waals surface area contributed by atoms with Gasteiger partial charge in [-0.3, -0.25) is 4.90 Å². The van der Waals surface area contributed by atoms with Crippen molar-refractivity contribution < 1.29 is 13.2 Å². The van der Waals surface area contributed by atoms with Crippen molar-refractivity contribution in [1.29, 1.82) is 0 Å². The summed E-state index contributed by atoms with van der Waals surface area (Å²) in [5, 5.41) is 0.436. The summed E-state index contributed by atoms with van der Waals surface area (Å²) < 4.78 is 32.3. The summed E-state index contributed by atoms with van der Waals surface area (Å²) >= 11 is 5.94. The number of nitrogens with zero attached hydrogens (tertiary/aromatic N) is 2. The maximum Gasteiger partial charge on any atom is 0.243 e. The summed E-state index contributed by atoms with van der Waals surface area (Å²) in [5.41, 5.74) is 0. The molecule has 1 aromatic carbocycles. The number of rotatable bonds is 6. The second-order valence-corrected chi connectivity index (χ2v) is 8.44. The maximum absolute atomic E-state index is 12.8. The maximum atomic E-state index is 12.8. The molecule has 2 rings (SSSR count). The van der Waals surface area contributed by atoms with Gasteiger partial charge in [0.1, 0.15) is 0 Å². The molecule has 0 radical (unpaired) electrons. The first kappa shape index (κ1) is 18.7. The first-order valence-corrected chi connectivity index (χ1v) is 9.68. The van der Waals surface area contributed by atoms with Crippen molar-refractivity contribution in [2.75, 3.05) is 33.4 Å². The van der Waals surface area contributed by atoms with Gasteiger partial charge in [-0.05, 0) is 38.5 Å². The molecule has 1 fully saturated rings. The van der Waals surface area contributed by atoms with Gasteiger partial charge in [0, 0.05) is 50.5 Å². The summed E-state index contributed by atoms with van der Waals surface area (Å²) in [6.07, 6.45) is 0.951. The molecule has 2 atom stereocenters. The van der Waals surface area contributed by atoms with Crippen LogP contribution in [-0.4, -0.2) is 63.1 Å². The summed E-state index contributed by atoms with van der Waals surface area (Å²) in [6.45, 7) is 6.77. The molecule has 1 aliphatic heterocycles. The Bertz CT molecular complexity index is 612. The van der Waals surface area contributed by atoms with Crippen molar-refractivity contribution in [2.45, 2.75) is 37.2 Å². The van der Waals surface area contributed by atoms with Gasteiger partial charge >= 0.3 is 0 Å². The molecule has 0 bridgehead atoms. The molecule has 7 heteroatoms. The summed E-state index contributed by atoms with van der Waals surface area (Å²) in [7, 11) is -1.80. The Labute approximate surface area is 144 Å². The van der Waals surface area contributed by atoms with Crippen molar-refractivity contribution in [3.8, 4) is 0 Å². The number of ether oxygens (including phenoxy) is 1. The molecule has 0 aliphatic carbocycles. The third-order valence-electron chi connectivity index (χ3n) is 4.27. The zero-order chi connectivity index (χ0) is 17.0. The molecule has 0 aromatic heterocycles. The zero-order valence-electron chi connectivity index (χ0n) is 13.9. The van der Waals surface area contributed by atoms with E-state index in [1.54, 1.807) is 29.6 Å². The molecule has 1 heterocycles. The summed E-state index contributed by atoms with van der Waals surface area (Å²) in [6, 6.07) is 6.80. The molecule has 0 N–H and O–H groups in total. The van der Waals surface area contributed by atoms with Crippen LogP contribution in [0.1, 0.15) is 20.3 Å². The van der Waals surface area contributed by atoms with Gasteiger partial charge < -0.3 is 4.74 Å². The minimum absolute atomic E-state index is 0.171. The van der Waals surface area contributed by atoms with Gasteiger partial charge in [0.2, 0.25) is 10.0 Å². The first-order valence-electron chi connectivity index (χ1n) is 7.86. The van der Waals surface area contributed by atoms with Gasteiger partial charge in [-0.1, -0.05) is 17.7 Å². The largest absolute Gasteiger partial charge is 0.385 e. The predicted octanol–water partition coefficient (Wildman–Crippen LogP) is 2.46. The lowest BCUT2D eigenvalue weighted by atomic mass is 10.1. The standard InChI is InChI=1S/C16H25ClN2O3S/c1-13-11-18(12-14(2)19(13)8-5-9-22-3)23(20,21)16-7-4-6-15(17)10-16/h4,6-7,10,13-14H,5,8-9,11-12H2,1-3H3. The van der Waals surface area contributed by atoms with E-state index in [-0.39, 0.29) is 17.0 Å². The van der Waals surface area contributed by atoms with Crippen LogP contribution in [-0.2, 0) is 14.8 Å². The van der Waals surface area contributed by atoms with E-state index >= 15 is 0 Å². The number of hydrogen-bond donors (Lipinski definition) is 0. The number of sulfonamides is 1. The zero-order valence-corrected chi connectivity index (χ0v) is 15.5. The fraction of sp³-hybridized carbons (Fsp3) is 0.625. The van der Waals surface area contributed by atoms with Gasteiger partial charge in [-0.25, -0.2) is 8.42 Å². The van der Waals surface area contributed by atoms with Crippen molar-refractivity contribution in [3.63, 3.8) is 0 Å². The molecular weight excluding hydrogens is 336 g/mol. The van der Waals surface area contributed by atoms with Crippen LogP contribution < -0.4 is 0 Å². The molecule has 1 saturated heterocycles. The average Bonchev–Trinajstić information content (AvgIpc) is 2.50. The highest BCUT2D eigenvalue weighted by Crippen LogP contribution is 2.24. The second-order valence-electron chi connectivity index (χ2n) is 6.06. The number of piperazine rings is 1. The highest BCUT2D eigenvalue weighted by Gasteiger charge is 2.35. The lowest BCUT2D eigenvalue weighted by Gasteiger charge is -2.43. The second kappa shape index (κ2) is 7.94. The molecule has 130 valence electrons. The van der Waals surface area contributed by atoms with Crippen LogP contribution in [0, 0.1) is 0 Å². The Balaban J connectivity index is 2.11. The molecule has 5 nitrogen and oxygen atoms in total. The molecule has 0 amide bonds. The highest BCUT2D eigenvalue weighted by molar-refractivity contribution is 7.89. The van der Waals surface area contributed by atoms with Crippen LogP contribution in [0.2, 0.25) is 5.02 Å². The van der Waals surface area contributed by atoms with E-state index in [1.807, 2.05) is 0 Å². The third-order valence-corrected chi connectivity index (χ3v) is 6.33. The van der Waals surface area contributed by atoms with E-state index in [0.29, 0.717) is 18.1 Å². The van der Waals surface area contributed by atoms with E-state index < -0.39 is 10.0 Å². The van der Waals surface area contributed by atoms with Crippen LogP contribution in [0.25, 0.3) is 0 Å². The molecule has 0 saturated carbocycles. The van der Waals surface area contributed by atoms with E-state index in [2.05, 4.69) is 18.7 Å². The fourth-order valence-electron chi connectivity index (χ4n) is 3.11. The summed E-state index contributed by atoms with van der Waals surface area (Å²) in [5.74, 6) is 0. The lowest BCUT2D eigenvalue weighted by molar-refractivity contribution is 0.0666. The normalized spacial score (nSPS) is 24.0. The number of methoxy groups -OCH3 is 1. The molecule has 1 aromatic rings. The Morgan fingerprint density at radius 1 is 1.26 bits per heavy atom. The highest BCUT2D eigenvalue weighted by atomic mass is 35.5. The van der Waals surface area contributed by atoms with Gasteiger partial charge in [0.25, 0.3) is 0 Å². The number of hydrogen-bond acceptors (Lipinski definition) is 4. The van der Waals surface area contributed by atoms with E-state index in [0.717, 1.165) is 19.6 Å². The smallest absolute Gasteiger partial charge is 0.243 e. The predicted molar refractivity (Wildman–Crippen MR) is 92.3 cm³/mol. The minimum atomic E-state index is -3.50. The van der Waals surface area contributed by atoms with E-state index in [4.69, 9.17) is 16.3 Å². The Kier molecular flexibility index (Phi) is 6.45. The topological polar surface area (TPSA) is 49.9 Å². The Morgan fingerprint density at radius 3 is 2.48 bits per heavy atom. The quantitative estimate of drug-likeness (QED) is 0.731. The molecule has 2 unspecified atom stereocenters. The molecule has 0 spiro atoms. The Morgan fingerprint density at radius 2 is 1.91 bits per heavy atom. The van der Waals surface area contributed by atoms with Gasteiger partial charge in [-0.15, -0.1) is 0 Å². The molecular formula is C16H25ClN2O3S. The number of benzene rings is 1. The molecule has 1 aliphatic rings. The van der Waals surface area contributed by atoms with Crippen LogP contribution in [0.3, 0.4) is 0 Å². The van der Waals surface area contributed by atoms with Crippen molar-refractivity contribution in [1.82, 2.24) is 9.21 Å². The lowest BCUT2D eigenvalue weighted by Crippen LogP contribution is -2.58. The fourth-order valence-corrected chi connectivity index (χ4v) is 5.02. The van der Waals surface area contributed by atoms with Gasteiger partial charge in [0.05, 0.1) is 4.90 Å². The minimum Gasteiger partial charge on any atom is -0.385 e. The third kappa shape index (κ3) is 4.45. The van der Waals surface area contributed by atoms with Crippen molar-refractivity contribution >= 4 is 21.6 Å². The van der Waals surface area contributed by atoms with Crippen LogP contribution in [0.4, 0.5) is 0 Å². The summed E-state index contributed by atoms with van der Waals surface area (Å²) in [4.78, 5) is 2.61. The molecule has 23 heavy (non-hydrogen) atoms. The van der Waals surface area contributed by atoms with Crippen LogP contribution in [0.15, 0.2) is 29.2 Å². The number of halogens is 1. The van der Waals surface area contributed by atoms with Gasteiger partial charge in [0.15, 0.2) is 0 Å². The average molecular weight is 361 g/mol. The van der Waals surface area contributed by atoms with Gasteiger partial charge in [-0.2, -0.15) is 4.31 Å². The SMILES string of the molecule is COCCCN1C(C)CN(S(=O)(=O)c2cccc(Cl)c2)CC1C. The van der Waals surface area contributed by atoms with Crippen LogP contribution >= 0.6 is 11.6 Å². The van der Waals surface area contributed by atoms with E-state index in [1.165, 1.54) is 6.07 Å². The Hall–Kier alpha value is -0.660. The monoisotopic (exact) mass is 360 g/mol. The first-order chi connectivity index (χ1) is 10.9. The van der Waals surface area contributed by atoms with E-state index in [9.17, 15) is 8.42 Å². The van der Waals surface area contributed by atoms with Crippen molar-refractivity contribution in [3.05, 3.63) is 29.3 Å². The van der Waals surface area contributed by atoms with Crippen molar-refractivity contribution in [2.24, 2.45) is 0 Å².